The van der Waals surface area contributed by atoms with Crippen LogP contribution in [-0.4, -0.2) is 11.1 Å². The largest absolute Gasteiger partial charge is 0.475 e. The van der Waals surface area contributed by atoms with Gasteiger partial charge in [0.1, 0.15) is 6.26 Å². The fourth-order valence-electron chi connectivity index (χ4n) is 0.463. The van der Waals surface area contributed by atoms with E-state index in [1.807, 2.05) is 0 Å². The summed E-state index contributed by atoms with van der Waals surface area (Å²) in [5.74, 6) is -1.24. The van der Waals surface area contributed by atoms with Crippen molar-refractivity contribution < 1.29 is 14.3 Å². The molecule has 0 saturated heterocycles. The summed E-state index contributed by atoms with van der Waals surface area (Å²) in [7, 11) is 0. The Labute approximate surface area is 50.9 Å². The molecule has 3 N–H and O–H groups in total. The number of rotatable bonds is 1. The lowest BCUT2D eigenvalue weighted by atomic mass is 10.4. The first-order chi connectivity index (χ1) is 4.20. The molecular formula is C5H5NO3. The zero-order valence-electron chi connectivity index (χ0n) is 4.50. The van der Waals surface area contributed by atoms with Gasteiger partial charge >= 0.3 is 5.97 Å². The molecule has 0 aliphatic heterocycles. The number of furan rings is 1. The molecule has 0 aliphatic rings. The fraction of sp³-hybridized carbons (Fsp3) is 0. The topological polar surface area (TPSA) is 76.5 Å². The molecule has 0 aliphatic carbocycles. The summed E-state index contributed by atoms with van der Waals surface area (Å²) in [5, 5.41) is 8.25. The summed E-state index contributed by atoms with van der Waals surface area (Å²) in [6, 6.07) is 1.25. The Kier molecular flexibility index (Phi) is 1.14. The van der Waals surface area contributed by atoms with E-state index in [0.717, 1.165) is 0 Å². The smallest absolute Gasteiger partial charge is 0.371 e. The van der Waals surface area contributed by atoms with Crippen LogP contribution in [0.3, 0.4) is 0 Å². The molecule has 4 nitrogen and oxygen atoms in total. The van der Waals surface area contributed by atoms with Crippen molar-refractivity contribution in [2.75, 3.05) is 5.73 Å². The lowest BCUT2D eigenvalue weighted by Crippen LogP contribution is -1.91. The van der Waals surface area contributed by atoms with E-state index >= 15 is 0 Å². The lowest BCUT2D eigenvalue weighted by molar-refractivity contribution is 0.0662. The number of hydrogen-bond acceptors (Lipinski definition) is 3. The van der Waals surface area contributed by atoms with Crippen LogP contribution in [0.15, 0.2) is 16.7 Å². The van der Waals surface area contributed by atoms with E-state index in [1.54, 1.807) is 0 Å². The molecule has 0 radical (unpaired) electrons. The van der Waals surface area contributed by atoms with E-state index in [9.17, 15) is 4.79 Å². The van der Waals surface area contributed by atoms with Crippen molar-refractivity contribution in [2.24, 2.45) is 0 Å². The van der Waals surface area contributed by atoms with Crippen LogP contribution in [0.4, 0.5) is 5.69 Å². The maximum Gasteiger partial charge on any atom is 0.371 e. The minimum atomic E-state index is -1.10. The van der Waals surface area contributed by atoms with Crippen LogP contribution >= 0.6 is 0 Å². The Morgan fingerprint density at radius 2 is 2.44 bits per heavy atom. The average Bonchev–Trinajstić information content (AvgIpc) is 2.14. The zero-order chi connectivity index (χ0) is 6.85. The molecule has 1 aromatic heterocycles. The third-order valence-corrected chi connectivity index (χ3v) is 0.831. The van der Waals surface area contributed by atoms with E-state index in [0.29, 0.717) is 5.69 Å². The molecule has 9 heavy (non-hydrogen) atoms. The van der Waals surface area contributed by atoms with Gasteiger partial charge in [0.15, 0.2) is 0 Å². The number of carboxylic acids is 1. The Balaban J connectivity index is 2.98. The molecule has 0 saturated carbocycles. The van der Waals surface area contributed by atoms with Crippen molar-refractivity contribution in [3.8, 4) is 0 Å². The highest BCUT2D eigenvalue weighted by molar-refractivity contribution is 5.85. The van der Waals surface area contributed by atoms with Crippen LogP contribution in [0.5, 0.6) is 0 Å². The number of nitrogens with two attached hydrogens (primary N) is 1. The van der Waals surface area contributed by atoms with Crippen molar-refractivity contribution in [3.63, 3.8) is 0 Å². The molecule has 0 fully saturated rings. The van der Waals surface area contributed by atoms with E-state index in [4.69, 9.17) is 10.8 Å². The predicted molar refractivity (Wildman–Crippen MR) is 30.1 cm³/mol. The van der Waals surface area contributed by atoms with Crippen molar-refractivity contribution >= 4 is 11.7 Å². The van der Waals surface area contributed by atoms with Crippen LogP contribution in [0.1, 0.15) is 10.6 Å². The summed E-state index contributed by atoms with van der Waals surface area (Å²) >= 11 is 0. The van der Waals surface area contributed by atoms with Crippen LogP contribution in [-0.2, 0) is 0 Å². The van der Waals surface area contributed by atoms with Crippen molar-refractivity contribution in [2.45, 2.75) is 0 Å². The number of nitrogen functional groups attached to an aromatic ring is 1. The average molecular weight is 127 g/mol. The second kappa shape index (κ2) is 1.81. The van der Waals surface area contributed by atoms with Gasteiger partial charge < -0.3 is 15.3 Å². The molecule has 48 valence electrons. The second-order valence-corrected chi connectivity index (χ2v) is 1.55. The highest BCUT2D eigenvalue weighted by Gasteiger charge is 2.05. The quantitative estimate of drug-likeness (QED) is 0.577. The van der Waals surface area contributed by atoms with Crippen molar-refractivity contribution in [3.05, 3.63) is 18.1 Å². The first-order valence-corrected chi connectivity index (χ1v) is 2.27. The molecule has 0 spiro atoms. The van der Waals surface area contributed by atoms with Gasteiger partial charge in [-0.3, -0.25) is 0 Å². The van der Waals surface area contributed by atoms with Crippen LogP contribution in [0, 0.1) is 0 Å². The van der Waals surface area contributed by atoms with Gasteiger partial charge in [-0.25, -0.2) is 4.79 Å². The molecule has 1 heterocycles. The molecule has 1 rings (SSSR count). The van der Waals surface area contributed by atoms with Gasteiger partial charge in [-0.1, -0.05) is 0 Å². The maximum atomic E-state index is 10.1. The minimum absolute atomic E-state index is 0.132. The first kappa shape index (κ1) is 5.68. The lowest BCUT2D eigenvalue weighted by Gasteiger charge is -1.79. The van der Waals surface area contributed by atoms with Gasteiger partial charge in [0.05, 0.1) is 5.69 Å². The Morgan fingerprint density at radius 3 is 2.67 bits per heavy atom. The summed E-state index contributed by atoms with van der Waals surface area (Å²) in [4.78, 5) is 10.1. The predicted octanol–water partition coefficient (Wildman–Crippen LogP) is 0.560. The minimum Gasteiger partial charge on any atom is -0.475 e. The van der Waals surface area contributed by atoms with Crippen molar-refractivity contribution in [1.82, 2.24) is 0 Å². The van der Waals surface area contributed by atoms with Gasteiger partial charge in [0.2, 0.25) is 5.76 Å². The Bertz CT molecular complexity index is 228. The van der Waals surface area contributed by atoms with Gasteiger partial charge in [-0.05, 0) is 0 Å². The number of anilines is 1. The molecule has 0 atom stereocenters. The Hall–Kier alpha value is -1.45. The number of aromatic carboxylic acids is 1. The van der Waals surface area contributed by atoms with E-state index in [-0.39, 0.29) is 5.76 Å². The van der Waals surface area contributed by atoms with Crippen molar-refractivity contribution in [1.29, 1.82) is 0 Å². The molecule has 1 aromatic rings. The van der Waals surface area contributed by atoms with Crippen LogP contribution < -0.4 is 5.73 Å². The van der Waals surface area contributed by atoms with Gasteiger partial charge in [0, 0.05) is 6.07 Å². The van der Waals surface area contributed by atoms with Crippen LogP contribution in [0.25, 0.3) is 0 Å². The third kappa shape index (κ3) is 1.02. The molecule has 0 amide bonds. The standard InChI is InChI=1S/C5H5NO3/c6-3-1-4(5(7)8)9-2-3/h1-2H,6H2,(H,7,8). The van der Waals surface area contributed by atoms with Gasteiger partial charge in [-0.15, -0.1) is 0 Å². The monoisotopic (exact) mass is 127 g/mol. The van der Waals surface area contributed by atoms with E-state index < -0.39 is 5.97 Å². The van der Waals surface area contributed by atoms with E-state index in [2.05, 4.69) is 4.42 Å². The second-order valence-electron chi connectivity index (χ2n) is 1.55. The number of hydrogen-bond donors (Lipinski definition) is 2. The van der Waals surface area contributed by atoms with Gasteiger partial charge in [-0.2, -0.15) is 0 Å². The summed E-state index contributed by atoms with van der Waals surface area (Å²) in [6.07, 6.45) is 1.18. The molecular weight excluding hydrogens is 122 g/mol. The maximum absolute atomic E-state index is 10.1. The van der Waals surface area contributed by atoms with E-state index in [1.165, 1.54) is 12.3 Å². The van der Waals surface area contributed by atoms with Gasteiger partial charge in [0.25, 0.3) is 0 Å². The normalized spacial score (nSPS) is 9.33. The zero-order valence-corrected chi connectivity index (χ0v) is 4.50. The molecule has 0 aromatic carbocycles. The molecule has 0 bridgehead atoms. The third-order valence-electron chi connectivity index (χ3n) is 0.831. The molecule has 0 unspecified atom stereocenters. The number of carbonyl (C=O) groups is 1. The summed E-state index contributed by atoms with van der Waals surface area (Å²) in [5.41, 5.74) is 5.49. The first-order valence-electron chi connectivity index (χ1n) is 2.27. The molecule has 4 heteroatoms. The fourth-order valence-corrected chi connectivity index (χ4v) is 0.463. The van der Waals surface area contributed by atoms with Crippen LogP contribution in [0.2, 0.25) is 0 Å². The summed E-state index contributed by atoms with van der Waals surface area (Å²) in [6.45, 7) is 0. The number of carboxylic acid groups (broad SMARTS) is 1. The highest BCUT2D eigenvalue weighted by atomic mass is 16.4. The summed E-state index contributed by atoms with van der Waals surface area (Å²) < 4.78 is 4.50. The highest BCUT2D eigenvalue weighted by Crippen LogP contribution is 2.07. The Morgan fingerprint density at radius 1 is 1.78 bits per heavy atom. The SMILES string of the molecule is Nc1coc(C(=O)O)c1.